The number of rotatable bonds is 5. The molecule has 32 heavy (non-hydrogen) atoms. The van der Waals surface area contributed by atoms with Gasteiger partial charge in [0, 0.05) is 17.2 Å². The molecule has 0 aliphatic heterocycles. The number of aromatic nitrogens is 1. The zero-order valence-electron chi connectivity index (χ0n) is 17.4. The SMILES string of the molecule is Cc1noc(-c2ccc(-c3ccccc3)cc2)c1NC(=O)OC(C)c1ccc(F)cc1F. The van der Waals surface area contributed by atoms with Crippen LogP contribution in [0.15, 0.2) is 77.3 Å². The maximum Gasteiger partial charge on any atom is 0.412 e. The number of nitrogens with zero attached hydrogens (tertiary/aromatic N) is 1. The number of carbonyl (C=O) groups excluding carboxylic acids is 1. The second kappa shape index (κ2) is 9.01. The molecule has 1 amide bonds. The number of aryl methyl sites for hydroxylation is 1. The first-order chi connectivity index (χ1) is 15.4. The lowest BCUT2D eigenvalue weighted by atomic mass is 10.0. The molecule has 0 saturated carbocycles. The number of anilines is 1. The zero-order chi connectivity index (χ0) is 22.7. The van der Waals surface area contributed by atoms with Crippen LogP contribution in [0.2, 0.25) is 0 Å². The van der Waals surface area contributed by atoms with Gasteiger partial charge < -0.3 is 9.26 Å². The van der Waals surface area contributed by atoms with Crippen molar-refractivity contribution in [2.24, 2.45) is 0 Å². The molecule has 1 N–H and O–H groups in total. The zero-order valence-corrected chi connectivity index (χ0v) is 17.4. The minimum atomic E-state index is -0.927. The Balaban J connectivity index is 1.51. The van der Waals surface area contributed by atoms with Gasteiger partial charge in [0.25, 0.3) is 0 Å². The van der Waals surface area contributed by atoms with E-state index in [0.717, 1.165) is 28.8 Å². The van der Waals surface area contributed by atoms with Gasteiger partial charge in [-0.1, -0.05) is 59.8 Å². The highest BCUT2D eigenvalue weighted by atomic mass is 19.1. The van der Waals surface area contributed by atoms with Crippen molar-refractivity contribution in [3.63, 3.8) is 0 Å². The van der Waals surface area contributed by atoms with E-state index in [2.05, 4.69) is 10.5 Å². The van der Waals surface area contributed by atoms with Crippen LogP contribution in [-0.2, 0) is 4.74 Å². The molecule has 0 fully saturated rings. The first kappa shape index (κ1) is 21.2. The molecular weight excluding hydrogens is 414 g/mol. The van der Waals surface area contributed by atoms with Crippen LogP contribution in [-0.4, -0.2) is 11.2 Å². The minimum absolute atomic E-state index is 0.0697. The molecule has 0 bridgehead atoms. The smallest absolute Gasteiger partial charge is 0.412 e. The van der Waals surface area contributed by atoms with Gasteiger partial charge in [0.2, 0.25) is 0 Å². The molecule has 7 heteroatoms. The number of halogens is 2. The molecule has 1 unspecified atom stereocenters. The molecule has 0 saturated heterocycles. The average molecular weight is 434 g/mol. The van der Waals surface area contributed by atoms with Crippen molar-refractivity contribution >= 4 is 11.8 Å². The van der Waals surface area contributed by atoms with Gasteiger partial charge in [-0.2, -0.15) is 0 Å². The quantitative estimate of drug-likeness (QED) is 0.371. The Morgan fingerprint density at radius 1 is 0.969 bits per heavy atom. The fourth-order valence-electron chi connectivity index (χ4n) is 3.35. The van der Waals surface area contributed by atoms with Gasteiger partial charge in [-0.15, -0.1) is 0 Å². The first-order valence-electron chi connectivity index (χ1n) is 9.97. The van der Waals surface area contributed by atoms with Crippen molar-refractivity contribution in [3.8, 4) is 22.5 Å². The van der Waals surface area contributed by atoms with Crippen molar-refractivity contribution < 1.29 is 22.8 Å². The summed E-state index contributed by atoms with van der Waals surface area (Å²) < 4.78 is 37.8. The standard InChI is InChI=1S/C25H20F2N2O3/c1-15-23(28-25(30)31-16(2)21-13-12-20(26)14-22(21)27)24(32-29-15)19-10-8-18(9-11-19)17-6-4-3-5-7-17/h3-14,16H,1-2H3,(H,28,30). The lowest BCUT2D eigenvalue weighted by molar-refractivity contribution is 0.119. The van der Waals surface area contributed by atoms with Crippen LogP contribution in [0.4, 0.5) is 19.3 Å². The predicted octanol–water partition coefficient (Wildman–Crippen LogP) is 6.90. The molecule has 1 atom stereocenters. The third kappa shape index (κ3) is 4.51. The summed E-state index contributed by atoms with van der Waals surface area (Å²) >= 11 is 0. The summed E-state index contributed by atoms with van der Waals surface area (Å²) in [6.45, 7) is 3.18. The first-order valence-corrected chi connectivity index (χ1v) is 9.97. The van der Waals surface area contributed by atoms with Crippen LogP contribution in [0.3, 0.4) is 0 Å². The van der Waals surface area contributed by atoms with E-state index in [1.807, 2.05) is 54.6 Å². The van der Waals surface area contributed by atoms with Crippen molar-refractivity contribution in [2.45, 2.75) is 20.0 Å². The van der Waals surface area contributed by atoms with Crippen molar-refractivity contribution in [1.29, 1.82) is 0 Å². The number of hydrogen-bond acceptors (Lipinski definition) is 4. The largest absolute Gasteiger partial charge is 0.441 e. The van der Waals surface area contributed by atoms with E-state index in [1.54, 1.807) is 6.92 Å². The Kier molecular flexibility index (Phi) is 5.98. The molecule has 162 valence electrons. The number of benzene rings is 3. The predicted molar refractivity (Wildman–Crippen MR) is 117 cm³/mol. The van der Waals surface area contributed by atoms with Crippen LogP contribution in [0, 0.1) is 18.6 Å². The summed E-state index contributed by atoms with van der Waals surface area (Å²) in [6, 6.07) is 20.7. The van der Waals surface area contributed by atoms with E-state index >= 15 is 0 Å². The molecule has 1 aromatic heterocycles. The molecule has 0 radical (unpaired) electrons. The maximum atomic E-state index is 14.0. The Hall–Kier alpha value is -4.00. The van der Waals surface area contributed by atoms with E-state index < -0.39 is 23.8 Å². The van der Waals surface area contributed by atoms with Crippen LogP contribution >= 0.6 is 0 Å². The molecule has 3 aromatic carbocycles. The minimum Gasteiger partial charge on any atom is -0.441 e. The van der Waals surface area contributed by atoms with Crippen molar-refractivity contribution in [2.75, 3.05) is 5.32 Å². The number of nitrogens with one attached hydrogen (secondary N) is 1. The topological polar surface area (TPSA) is 64.4 Å². The normalized spacial score (nSPS) is 11.8. The van der Waals surface area contributed by atoms with E-state index in [1.165, 1.54) is 13.0 Å². The highest BCUT2D eigenvalue weighted by Crippen LogP contribution is 2.33. The summed E-state index contributed by atoms with van der Waals surface area (Å²) in [7, 11) is 0. The summed E-state index contributed by atoms with van der Waals surface area (Å²) in [6.07, 6.45) is -1.74. The number of carbonyl (C=O) groups is 1. The van der Waals surface area contributed by atoms with Gasteiger partial charge in [-0.25, -0.2) is 13.6 Å². The molecule has 1 heterocycles. The van der Waals surface area contributed by atoms with Crippen molar-refractivity contribution in [1.82, 2.24) is 5.16 Å². The van der Waals surface area contributed by atoms with E-state index in [-0.39, 0.29) is 5.56 Å². The van der Waals surface area contributed by atoms with Gasteiger partial charge in [0.05, 0.1) is 0 Å². The van der Waals surface area contributed by atoms with E-state index in [0.29, 0.717) is 17.1 Å². The van der Waals surface area contributed by atoms with Gasteiger partial charge in [0.1, 0.15) is 29.1 Å². The summed E-state index contributed by atoms with van der Waals surface area (Å²) in [5, 5.41) is 6.56. The third-order valence-electron chi connectivity index (χ3n) is 5.03. The van der Waals surface area contributed by atoms with Gasteiger partial charge in [-0.3, -0.25) is 5.32 Å². The average Bonchev–Trinajstić information content (AvgIpc) is 3.14. The Bertz CT molecular complexity index is 1240. The highest BCUT2D eigenvalue weighted by Gasteiger charge is 2.21. The van der Waals surface area contributed by atoms with Crippen LogP contribution in [0.1, 0.15) is 24.3 Å². The van der Waals surface area contributed by atoms with E-state index in [4.69, 9.17) is 9.26 Å². The monoisotopic (exact) mass is 434 g/mol. The van der Waals surface area contributed by atoms with Crippen LogP contribution < -0.4 is 5.32 Å². The fraction of sp³-hybridized carbons (Fsp3) is 0.120. The number of hydrogen-bond donors (Lipinski definition) is 1. The Morgan fingerprint density at radius 3 is 2.31 bits per heavy atom. The third-order valence-corrected chi connectivity index (χ3v) is 5.03. The van der Waals surface area contributed by atoms with E-state index in [9.17, 15) is 13.6 Å². The highest BCUT2D eigenvalue weighted by molar-refractivity contribution is 5.91. The second-order valence-corrected chi connectivity index (χ2v) is 7.25. The molecule has 0 aliphatic carbocycles. The van der Waals surface area contributed by atoms with Gasteiger partial charge in [-0.05, 0) is 37.1 Å². The van der Waals surface area contributed by atoms with Crippen molar-refractivity contribution in [3.05, 3.63) is 95.7 Å². The molecule has 4 aromatic rings. The second-order valence-electron chi connectivity index (χ2n) is 7.25. The van der Waals surface area contributed by atoms with Gasteiger partial charge >= 0.3 is 6.09 Å². The Labute approximate surface area is 183 Å². The lowest BCUT2D eigenvalue weighted by Crippen LogP contribution is -2.17. The summed E-state index contributed by atoms with van der Waals surface area (Å²) in [5.74, 6) is -1.11. The van der Waals surface area contributed by atoms with Crippen LogP contribution in [0.25, 0.3) is 22.5 Å². The summed E-state index contributed by atoms with van der Waals surface area (Å²) in [4.78, 5) is 12.4. The van der Waals surface area contributed by atoms with Crippen LogP contribution in [0.5, 0.6) is 0 Å². The lowest BCUT2D eigenvalue weighted by Gasteiger charge is -2.15. The molecular formula is C25H20F2N2O3. The number of ether oxygens (including phenoxy) is 1. The fourth-order valence-corrected chi connectivity index (χ4v) is 3.35. The Morgan fingerprint density at radius 2 is 1.62 bits per heavy atom. The summed E-state index contributed by atoms with van der Waals surface area (Å²) in [5.41, 5.74) is 3.73. The molecule has 0 spiro atoms. The molecule has 4 rings (SSSR count). The maximum absolute atomic E-state index is 14.0. The molecule has 0 aliphatic rings. The number of amides is 1. The molecule has 5 nitrogen and oxygen atoms in total. The van der Waals surface area contributed by atoms with Gasteiger partial charge in [0.15, 0.2) is 5.76 Å².